The minimum absolute atomic E-state index is 0.224. The maximum atomic E-state index is 11.2. The number of carboxylic acids is 1. The van der Waals surface area contributed by atoms with Crippen LogP contribution < -0.4 is 10.6 Å². The van der Waals surface area contributed by atoms with Gasteiger partial charge in [-0.25, -0.2) is 10.3 Å². The zero-order chi connectivity index (χ0) is 13.5. The summed E-state index contributed by atoms with van der Waals surface area (Å²) in [4.78, 5) is 32.4. The van der Waals surface area contributed by atoms with Crippen molar-refractivity contribution >= 4 is 23.6 Å². The fourth-order valence-electron chi connectivity index (χ4n) is 1.09. The second-order valence-corrected chi connectivity index (χ2v) is 3.20. The minimum Gasteiger partial charge on any atom is -0.480 e. The van der Waals surface area contributed by atoms with E-state index in [0.29, 0.717) is 5.69 Å². The van der Waals surface area contributed by atoms with Crippen molar-refractivity contribution in [1.82, 2.24) is 5.32 Å². The molecule has 1 aromatic rings. The molecule has 1 aromatic carbocycles. The number of hydrogen-bond donors (Lipinski definition) is 4. The molecule has 0 radical (unpaired) electrons. The van der Waals surface area contributed by atoms with Gasteiger partial charge in [0.2, 0.25) is 0 Å². The Balaban J connectivity index is 2.58. The Morgan fingerprint density at radius 2 is 1.83 bits per heavy atom. The summed E-state index contributed by atoms with van der Waals surface area (Å²) in [5.74, 6) is -1.83. The number of carboxylic acid groups (broad SMARTS) is 1. The number of urea groups is 1. The third-order valence-electron chi connectivity index (χ3n) is 1.89. The SMILES string of the molecule is N=NC(=O)c1ccc(NC(=O)NCC(=O)O)cc1. The van der Waals surface area contributed by atoms with Gasteiger partial charge in [0.05, 0.1) is 0 Å². The lowest BCUT2D eigenvalue weighted by atomic mass is 10.2. The standard InChI is InChI=1S/C10H10N4O4/c11-14-9(17)6-1-3-7(4-2-6)13-10(18)12-5-8(15)16/h1-4,11H,5H2,(H,15,16)(H2,12,13,18). The molecule has 0 spiro atoms. The number of amides is 3. The van der Waals surface area contributed by atoms with Gasteiger partial charge in [0.25, 0.3) is 5.91 Å². The summed E-state index contributed by atoms with van der Waals surface area (Å²) in [6, 6.07) is 5.01. The van der Waals surface area contributed by atoms with Gasteiger partial charge in [0.1, 0.15) is 6.54 Å². The van der Waals surface area contributed by atoms with E-state index in [1.54, 1.807) is 0 Å². The number of nitrogens with one attached hydrogen (secondary N) is 3. The van der Waals surface area contributed by atoms with E-state index in [1.165, 1.54) is 24.3 Å². The van der Waals surface area contributed by atoms with Crippen molar-refractivity contribution in [2.75, 3.05) is 11.9 Å². The number of benzene rings is 1. The Bertz CT molecular complexity index is 483. The molecule has 94 valence electrons. The first-order valence-corrected chi connectivity index (χ1v) is 4.81. The summed E-state index contributed by atoms with van der Waals surface area (Å²) >= 11 is 0. The first-order chi connectivity index (χ1) is 8.52. The van der Waals surface area contributed by atoms with E-state index in [-0.39, 0.29) is 5.56 Å². The predicted octanol–water partition coefficient (Wildman–Crippen LogP) is 1.06. The number of hydrogen-bond acceptors (Lipinski definition) is 4. The molecule has 8 nitrogen and oxygen atoms in total. The molecule has 0 bridgehead atoms. The Morgan fingerprint density at radius 3 is 2.33 bits per heavy atom. The van der Waals surface area contributed by atoms with Crippen LogP contribution in [-0.2, 0) is 4.79 Å². The topological polar surface area (TPSA) is 132 Å². The molecular weight excluding hydrogens is 240 g/mol. The van der Waals surface area contributed by atoms with Crippen LogP contribution in [0.2, 0.25) is 0 Å². The zero-order valence-electron chi connectivity index (χ0n) is 9.14. The molecule has 0 heterocycles. The average Bonchev–Trinajstić information content (AvgIpc) is 2.36. The lowest BCUT2D eigenvalue weighted by Gasteiger charge is -2.05. The van der Waals surface area contributed by atoms with E-state index in [1.807, 2.05) is 0 Å². The van der Waals surface area contributed by atoms with Gasteiger partial charge in [0, 0.05) is 11.3 Å². The monoisotopic (exact) mass is 250 g/mol. The number of carbonyl (C=O) groups excluding carboxylic acids is 2. The van der Waals surface area contributed by atoms with Gasteiger partial charge in [-0.05, 0) is 24.3 Å². The molecule has 1 rings (SSSR count). The molecule has 4 N–H and O–H groups in total. The highest BCUT2D eigenvalue weighted by molar-refractivity contribution is 5.95. The molecule has 18 heavy (non-hydrogen) atoms. The summed E-state index contributed by atoms with van der Waals surface area (Å²) in [6.45, 7) is -0.486. The van der Waals surface area contributed by atoms with E-state index in [4.69, 9.17) is 10.6 Å². The lowest BCUT2D eigenvalue weighted by Crippen LogP contribution is -2.33. The number of nitrogens with zero attached hydrogens (tertiary/aromatic N) is 1. The van der Waals surface area contributed by atoms with Crippen molar-refractivity contribution in [2.24, 2.45) is 5.11 Å². The number of aliphatic carboxylic acids is 1. The molecule has 0 aromatic heterocycles. The van der Waals surface area contributed by atoms with Crippen LogP contribution in [0.4, 0.5) is 10.5 Å². The van der Waals surface area contributed by atoms with Gasteiger partial charge in [0.15, 0.2) is 0 Å². The minimum atomic E-state index is -1.15. The van der Waals surface area contributed by atoms with Crippen molar-refractivity contribution in [1.29, 1.82) is 5.53 Å². The average molecular weight is 250 g/mol. The molecule has 0 aliphatic rings. The second-order valence-electron chi connectivity index (χ2n) is 3.20. The van der Waals surface area contributed by atoms with Crippen molar-refractivity contribution in [3.05, 3.63) is 29.8 Å². The largest absolute Gasteiger partial charge is 0.480 e. The Labute approximate surface area is 102 Å². The number of carbonyl (C=O) groups is 3. The molecule has 0 saturated carbocycles. The summed E-state index contributed by atoms with van der Waals surface area (Å²) in [5.41, 5.74) is 7.16. The molecule has 0 unspecified atom stereocenters. The van der Waals surface area contributed by atoms with Crippen LogP contribution in [0.15, 0.2) is 29.4 Å². The Morgan fingerprint density at radius 1 is 1.22 bits per heavy atom. The number of rotatable bonds is 4. The smallest absolute Gasteiger partial charge is 0.323 e. The van der Waals surface area contributed by atoms with Crippen LogP contribution >= 0.6 is 0 Å². The zero-order valence-corrected chi connectivity index (χ0v) is 9.14. The molecule has 0 saturated heterocycles. The van der Waals surface area contributed by atoms with Crippen LogP contribution in [-0.4, -0.2) is 29.6 Å². The van der Waals surface area contributed by atoms with Crippen LogP contribution in [0, 0.1) is 5.53 Å². The second kappa shape index (κ2) is 6.09. The van der Waals surface area contributed by atoms with Crippen molar-refractivity contribution < 1.29 is 19.5 Å². The summed E-state index contributed by atoms with van der Waals surface area (Å²) in [5, 5.41) is 15.6. The predicted molar refractivity (Wildman–Crippen MR) is 60.6 cm³/mol. The van der Waals surface area contributed by atoms with Gasteiger partial charge in [-0.3, -0.25) is 9.59 Å². The third kappa shape index (κ3) is 4.00. The summed E-state index contributed by atoms with van der Waals surface area (Å²) < 4.78 is 0. The lowest BCUT2D eigenvalue weighted by molar-refractivity contribution is -0.135. The fourth-order valence-corrected chi connectivity index (χ4v) is 1.09. The van der Waals surface area contributed by atoms with Crippen molar-refractivity contribution in [3.8, 4) is 0 Å². The van der Waals surface area contributed by atoms with E-state index in [9.17, 15) is 14.4 Å². The highest BCUT2D eigenvalue weighted by atomic mass is 16.4. The Hall–Kier alpha value is -2.77. The number of anilines is 1. The first-order valence-electron chi connectivity index (χ1n) is 4.81. The maximum Gasteiger partial charge on any atom is 0.323 e. The summed E-state index contributed by atoms with van der Waals surface area (Å²) in [7, 11) is 0. The third-order valence-corrected chi connectivity index (χ3v) is 1.89. The normalized spacial score (nSPS) is 9.33. The van der Waals surface area contributed by atoms with Gasteiger partial charge >= 0.3 is 12.0 Å². The van der Waals surface area contributed by atoms with Crippen LogP contribution in [0.5, 0.6) is 0 Å². The van der Waals surface area contributed by atoms with Gasteiger partial charge in [-0.2, -0.15) is 0 Å². The van der Waals surface area contributed by atoms with Crippen molar-refractivity contribution in [2.45, 2.75) is 0 Å². The van der Waals surface area contributed by atoms with Crippen LogP contribution in [0.3, 0.4) is 0 Å². The molecule has 0 fully saturated rings. The van der Waals surface area contributed by atoms with E-state index in [0.717, 1.165) is 0 Å². The molecule has 0 atom stereocenters. The van der Waals surface area contributed by atoms with E-state index >= 15 is 0 Å². The highest BCUT2D eigenvalue weighted by Gasteiger charge is 2.06. The van der Waals surface area contributed by atoms with Crippen molar-refractivity contribution in [3.63, 3.8) is 0 Å². The van der Waals surface area contributed by atoms with Gasteiger partial charge in [-0.1, -0.05) is 0 Å². The molecule has 3 amide bonds. The molecular formula is C10H10N4O4. The highest BCUT2D eigenvalue weighted by Crippen LogP contribution is 2.10. The Kier molecular flexibility index (Phi) is 4.50. The van der Waals surface area contributed by atoms with E-state index < -0.39 is 24.5 Å². The molecule has 0 aliphatic carbocycles. The quantitative estimate of drug-likeness (QED) is 0.595. The van der Waals surface area contributed by atoms with Gasteiger partial charge < -0.3 is 15.7 Å². The molecule has 8 heteroatoms. The first kappa shape index (κ1) is 13.3. The van der Waals surface area contributed by atoms with Crippen LogP contribution in [0.25, 0.3) is 0 Å². The van der Waals surface area contributed by atoms with Crippen LogP contribution in [0.1, 0.15) is 10.4 Å². The summed E-state index contributed by atoms with van der Waals surface area (Å²) in [6.07, 6.45) is 0. The molecule has 0 aliphatic heterocycles. The van der Waals surface area contributed by atoms with Gasteiger partial charge in [-0.15, -0.1) is 5.11 Å². The maximum absolute atomic E-state index is 11.2. The van der Waals surface area contributed by atoms with E-state index in [2.05, 4.69) is 15.7 Å². The fraction of sp³-hybridized carbons (Fsp3) is 0.100.